The standard InChI is InChI=1S/C21H24N2O5S2/c1-15-13-17-14-19(20(24)16-3-5-18(27-2)6-4-16)29-21(17)23(15)30(25,26)12-9-22-7-10-28-11-8-22/h3-6,13-14H,7-12H2,1-2H3. The first-order valence-electron chi connectivity index (χ1n) is 9.73. The maximum Gasteiger partial charge on any atom is 0.241 e. The summed E-state index contributed by atoms with van der Waals surface area (Å²) in [7, 11) is -1.97. The number of hydrogen-bond acceptors (Lipinski definition) is 7. The fourth-order valence-corrected chi connectivity index (χ4v) is 6.65. The Kier molecular flexibility index (Phi) is 5.97. The predicted molar refractivity (Wildman–Crippen MR) is 117 cm³/mol. The van der Waals surface area contributed by atoms with Crippen molar-refractivity contribution in [1.82, 2.24) is 8.87 Å². The number of aryl methyl sites for hydroxylation is 1. The molecule has 1 aromatic carbocycles. The van der Waals surface area contributed by atoms with E-state index in [-0.39, 0.29) is 11.5 Å². The highest BCUT2D eigenvalue weighted by molar-refractivity contribution is 7.90. The molecule has 0 unspecified atom stereocenters. The summed E-state index contributed by atoms with van der Waals surface area (Å²) in [5.41, 5.74) is 1.19. The first-order valence-corrected chi connectivity index (χ1v) is 12.2. The molecular weight excluding hydrogens is 424 g/mol. The van der Waals surface area contributed by atoms with Crippen LogP contribution in [0.15, 0.2) is 36.4 Å². The van der Waals surface area contributed by atoms with Gasteiger partial charge in [-0.05, 0) is 43.3 Å². The lowest BCUT2D eigenvalue weighted by Crippen LogP contribution is -2.39. The van der Waals surface area contributed by atoms with Gasteiger partial charge in [0, 0.05) is 36.3 Å². The van der Waals surface area contributed by atoms with Crippen molar-refractivity contribution >= 4 is 37.4 Å². The first kappa shape index (κ1) is 21.0. The zero-order valence-electron chi connectivity index (χ0n) is 17.0. The lowest BCUT2D eigenvalue weighted by Gasteiger charge is -2.26. The van der Waals surface area contributed by atoms with Crippen LogP contribution in [0.3, 0.4) is 0 Å². The Balaban J connectivity index is 1.60. The number of hydrogen-bond donors (Lipinski definition) is 0. The second kappa shape index (κ2) is 8.50. The van der Waals surface area contributed by atoms with Crippen LogP contribution in [0.1, 0.15) is 20.9 Å². The second-order valence-corrected chi connectivity index (χ2v) is 10.2. The predicted octanol–water partition coefficient (Wildman–Crippen LogP) is 2.76. The van der Waals surface area contributed by atoms with Gasteiger partial charge in [-0.1, -0.05) is 0 Å². The van der Waals surface area contributed by atoms with Gasteiger partial charge in [-0.15, -0.1) is 11.3 Å². The van der Waals surface area contributed by atoms with E-state index in [2.05, 4.69) is 4.90 Å². The third kappa shape index (κ3) is 4.15. The molecule has 30 heavy (non-hydrogen) atoms. The lowest BCUT2D eigenvalue weighted by atomic mass is 10.1. The Morgan fingerprint density at radius 3 is 2.53 bits per heavy atom. The van der Waals surface area contributed by atoms with E-state index >= 15 is 0 Å². The monoisotopic (exact) mass is 448 g/mol. The van der Waals surface area contributed by atoms with Crippen LogP contribution < -0.4 is 4.74 Å². The van der Waals surface area contributed by atoms with E-state index in [4.69, 9.17) is 9.47 Å². The molecule has 0 N–H and O–H groups in total. The molecule has 0 radical (unpaired) electrons. The van der Waals surface area contributed by atoms with Gasteiger partial charge in [-0.3, -0.25) is 9.69 Å². The number of morpholine rings is 1. The smallest absolute Gasteiger partial charge is 0.241 e. The molecule has 0 aliphatic carbocycles. The molecule has 160 valence electrons. The number of ether oxygens (including phenoxy) is 2. The molecule has 0 saturated carbocycles. The fourth-order valence-electron chi connectivity index (χ4n) is 3.60. The van der Waals surface area contributed by atoms with Gasteiger partial charge in [0.1, 0.15) is 10.6 Å². The molecule has 0 spiro atoms. The average Bonchev–Trinajstić information content (AvgIpc) is 3.29. The van der Waals surface area contributed by atoms with E-state index < -0.39 is 10.0 Å². The quantitative estimate of drug-likeness (QED) is 0.517. The van der Waals surface area contributed by atoms with Gasteiger partial charge >= 0.3 is 0 Å². The number of rotatable bonds is 7. The van der Waals surface area contributed by atoms with Gasteiger partial charge in [0.15, 0.2) is 0 Å². The zero-order chi connectivity index (χ0) is 21.3. The maximum atomic E-state index is 13.1. The van der Waals surface area contributed by atoms with Crippen molar-refractivity contribution in [2.75, 3.05) is 45.7 Å². The van der Waals surface area contributed by atoms with Crippen LogP contribution in [0, 0.1) is 6.92 Å². The summed E-state index contributed by atoms with van der Waals surface area (Å²) in [5.74, 6) is 0.571. The fraction of sp³-hybridized carbons (Fsp3) is 0.381. The highest BCUT2D eigenvalue weighted by Crippen LogP contribution is 2.32. The molecule has 2 aromatic heterocycles. The van der Waals surface area contributed by atoms with Gasteiger partial charge in [0.25, 0.3) is 0 Å². The molecule has 0 atom stereocenters. The largest absolute Gasteiger partial charge is 0.497 e. The topological polar surface area (TPSA) is 77.8 Å². The number of methoxy groups -OCH3 is 1. The van der Waals surface area contributed by atoms with Crippen LogP contribution in [-0.2, 0) is 14.8 Å². The minimum atomic E-state index is -3.54. The van der Waals surface area contributed by atoms with Gasteiger partial charge in [0.2, 0.25) is 15.8 Å². The van der Waals surface area contributed by atoms with Crippen LogP contribution in [-0.4, -0.2) is 68.8 Å². The summed E-state index contributed by atoms with van der Waals surface area (Å²) in [6.45, 7) is 5.01. The highest BCUT2D eigenvalue weighted by atomic mass is 32.2. The van der Waals surface area contributed by atoms with Gasteiger partial charge in [0.05, 0.1) is 31.0 Å². The Morgan fingerprint density at radius 2 is 1.87 bits per heavy atom. The SMILES string of the molecule is COc1ccc(C(=O)c2cc3cc(C)n(S(=O)(=O)CCN4CCOCC4)c3s2)cc1. The average molecular weight is 449 g/mol. The van der Waals surface area contributed by atoms with Gasteiger partial charge in [-0.2, -0.15) is 0 Å². The minimum Gasteiger partial charge on any atom is -0.497 e. The minimum absolute atomic E-state index is 0.0251. The number of carbonyl (C=O) groups excluding carboxylic acids is 1. The van der Waals surface area contributed by atoms with Crippen molar-refractivity contribution in [2.45, 2.75) is 6.92 Å². The molecule has 3 heterocycles. The molecule has 1 aliphatic heterocycles. The number of thiophene rings is 1. The van der Waals surface area contributed by atoms with E-state index in [9.17, 15) is 13.2 Å². The molecule has 1 saturated heterocycles. The van der Waals surface area contributed by atoms with Crippen molar-refractivity contribution in [1.29, 1.82) is 0 Å². The number of carbonyl (C=O) groups is 1. The number of aromatic nitrogens is 1. The van der Waals surface area contributed by atoms with Crippen LogP contribution >= 0.6 is 11.3 Å². The van der Waals surface area contributed by atoms with Crippen molar-refractivity contribution in [2.24, 2.45) is 0 Å². The Morgan fingerprint density at radius 1 is 1.17 bits per heavy atom. The normalized spacial score (nSPS) is 15.5. The Hall–Kier alpha value is -2.20. The van der Waals surface area contributed by atoms with Crippen LogP contribution in [0.2, 0.25) is 0 Å². The molecule has 3 aromatic rings. The number of fused-ring (bicyclic) bond motifs is 1. The molecule has 9 heteroatoms. The number of benzene rings is 1. The number of nitrogens with zero attached hydrogens (tertiary/aromatic N) is 2. The molecule has 1 fully saturated rings. The first-order chi connectivity index (χ1) is 14.4. The van der Waals surface area contributed by atoms with Crippen molar-refractivity contribution < 1.29 is 22.7 Å². The third-order valence-electron chi connectivity index (χ3n) is 5.23. The van der Waals surface area contributed by atoms with Gasteiger partial charge < -0.3 is 9.47 Å². The van der Waals surface area contributed by atoms with E-state index in [1.807, 2.05) is 6.07 Å². The van der Waals surface area contributed by atoms with Crippen molar-refractivity contribution in [3.05, 3.63) is 52.5 Å². The van der Waals surface area contributed by atoms with E-state index in [1.165, 1.54) is 15.3 Å². The van der Waals surface area contributed by atoms with Gasteiger partial charge in [-0.25, -0.2) is 12.4 Å². The molecular formula is C21H24N2O5S2. The Bertz CT molecular complexity index is 1160. The summed E-state index contributed by atoms with van der Waals surface area (Å²) in [6.07, 6.45) is 0. The van der Waals surface area contributed by atoms with Crippen LogP contribution in [0.25, 0.3) is 10.2 Å². The summed E-state index contributed by atoms with van der Waals surface area (Å²) < 4.78 is 38.0. The molecule has 7 nitrogen and oxygen atoms in total. The number of ketones is 1. The lowest BCUT2D eigenvalue weighted by molar-refractivity contribution is 0.0408. The summed E-state index contributed by atoms with van der Waals surface area (Å²) in [5, 5.41) is 0.768. The summed E-state index contributed by atoms with van der Waals surface area (Å²) >= 11 is 1.22. The second-order valence-electron chi connectivity index (χ2n) is 7.25. The maximum absolute atomic E-state index is 13.1. The molecule has 1 aliphatic rings. The summed E-state index contributed by atoms with van der Waals surface area (Å²) in [6, 6.07) is 10.5. The summed E-state index contributed by atoms with van der Waals surface area (Å²) in [4.78, 5) is 16.1. The van der Waals surface area contributed by atoms with Crippen molar-refractivity contribution in [3.63, 3.8) is 0 Å². The zero-order valence-corrected chi connectivity index (χ0v) is 18.6. The van der Waals surface area contributed by atoms with E-state index in [0.717, 1.165) is 18.5 Å². The third-order valence-corrected chi connectivity index (χ3v) is 8.21. The Labute approximate surface area is 179 Å². The van der Waals surface area contributed by atoms with E-state index in [1.54, 1.807) is 44.4 Å². The van der Waals surface area contributed by atoms with Crippen LogP contribution in [0.5, 0.6) is 5.75 Å². The highest BCUT2D eigenvalue weighted by Gasteiger charge is 2.24. The molecule has 4 rings (SSSR count). The van der Waals surface area contributed by atoms with Crippen molar-refractivity contribution in [3.8, 4) is 5.75 Å². The van der Waals surface area contributed by atoms with E-state index in [0.29, 0.717) is 46.5 Å². The van der Waals surface area contributed by atoms with Crippen LogP contribution in [0.4, 0.5) is 0 Å². The molecule has 0 bridgehead atoms. The molecule has 0 amide bonds.